The number of nitrogens with zero attached hydrogens (tertiary/aromatic N) is 5. The van der Waals surface area contributed by atoms with Gasteiger partial charge in [0, 0.05) is 23.7 Å². The van der Waals surface area contributed by atoms with Crippen molar-refractivity contribution in [3.63, 3.8) is 0 Å². The number of alkyl halides is 3. The molecule has 10 heteroatoms. The van der Waals surface area contributed by atoms with Crippen LogP contribution in [0.1, 0.15) is 54.9 Å². The first-order valence-corrected chi connectivity index (χ1v) is 10.9. The van der Waals surface area contributed by atoms with Gasteiger partial charge in [-0.15, -0.1) is 0 Å². The summed E-state index contributed by atoms with van der Waals surface area (Å²) in [5.74, 6) is 0.214. The van der Waals surface area contributed by atoms with Gasteiger partial charge in [-0.05, 0) is 50.5 Å². The predicted octanol–water partition coefficient (Wildman–Crippen LogP) is 5.29. The van der Waals surface area contributed by atoms with Crippen molar-refractivity contribution in [1.29, 1.82) is 0 Å². The minimum atomic E-state index is -4.55. The summed E-state index contributed by atoms with van der Waals surface area (Å²) in [5.41, 5.74) is 1.56. The molecule has 1 saturated heterocycles. The number of aromatic nitrogens is 4. The molecule has 2 aliphatic rings. The normalized spacial score (nSPS) is 19.6. The van der Waals surface area contributed by atoms with Gasteiger partial charge in [-0.25, -0.2) is 9.67 Å². The Bertz CT molecular complexity index is 1160. The van der Waals surface area contributed by atoms with E-state index in [0.717, 1.165) is 42.5 Å². The lowest BCUT2D eigenvalue weighted by atomic mass is 9.82. The van der Waals surface area contributed by atoms with Crippen molar-refractivity contribution in [2.24, 2.45) is 0 Å². The Morgan fingerprint density at radius 2 is 1.84 bits per heavy atom. The maximum absolute atomic E-state index is 13.3. The van der Waals surface area contributed by atoms with Crippen molar-refractivity contribution in [2.75, 3.05) is 11.4 Å². The van der Waals surface area contributed by atoms with Gasteiger partial charge >= 0.3 is 6.18 Å². The lowest BCUT2D eigenvalue weighted by Crippen LogP contribution is -2.30. The van der Waals surface area contributed by atoms with Crippen LogP contribution in [0.2, 0.25) is 5.02 Å². The van der Waals surface area contributed by atoms with Crippen LogP contribution in [-0.2, 0) is 11.0 Å². The number of aryl methyl sites for hydroxylation is 1. The molecule has 0 spiro atoms. The van der Waals surface area contributed by atoms with Gasteiger partial charge in [0.2, 0.25) is 5.91 Å². The summed E-state index contributed by atoms with van der Waals surface area (Å²) in [5, 5.41) is 5.18. The molecule has 1 unspecified atom stereocenters. The number of rotatable bonds is 4. The third-order valence-electron chi connectivity index (χ3n) is 6.36. The molecule has 2 aromatic heterocycles. The summed E-state index contributed by atoms with van der Waals surface area (Å²) in [6.45, 7) is 1.90. The van der Waals surface area contributed by atoms with Gasteiger partial charge in [0.1, 0.15) is 11.9 Å². The smallest absolute Gasteiger partial charge is 0.322 e. The molecule has 1 atom stereocenters. The fraction of sp³-hybridized carbons (Fsp3) is 0.409. The Hall–Kier alpha value is -2.81. The highest BCUT2D eigenvalue weighted by atomic mass is 35.5. The number of imidazole rings is 1. The number of hydrogen-bond donors (Lipinski definition) is 0. The molecule has 32 heavy (non-hydrogen) atoms. The van der Waals surface area contributed by atoms with Crippen LogP contribution in [0.4, 0.5) is 18.9 Å². The van der Waals surface area contributed by atoms with E-state index in [2.05, 4.69) is 10.1 Å². The Morgan fingerprint density at radius 1 is 1.12 bits per heavy atom. The van der Waals surface area contributed by atoms with E-state index in [0.29, 0.717) is 18.0 Å². The zero-order valence-corrected chi connectivity index (χ0v) is 18.1. The third-order valence-corrected chi connectivity index (χ3v) is 6.61. The zero-order valence-electron chi connectivity index (χ0n) is 17.3. The van der Waals surface area contributed by atoms with Crippen LogP contribution in [0, 0.1) is 6.92 Å². The van der Waals surface area contributed by atoms with Gasteiger partial charge in [0.05, 0.1) is 23.3 Å². The molecule has 2 fully saturated rings. The van der Waals surface area contributed by atoms with E-state index in [1.165, 1.54) is 11.5 Å². The molecule has 0 radical (unpaired) electrons. The van der Waals surface area contributed by atoms with Crippen LogP contribution in [0.3, 0.4) is 0 Å². The van der Waals surface area contributed by atoms with Gasteiger partial charge in [-0.1, -0.05) is 18.0 Å². The monoisotopic (exact) mass is 463 g/mol. The standard InChI is InChI=1S/C22H21ClF3N5O/c1-13-28-19(22(24,25)26)12-30(13)17-9-10-29(21(17)32)18-11-27-31(20(18)14-3-2-4-14)16-7-5-15(23)6-8-16/h5-8,11-12,14,17H,2-4,9-10H2,1H3. The van der Waals surface area contributed by atoms with Gasteiger partial charge < -0.3 is 9.47 Å². The first-order chi connectivity index (χ1) is 15.2. The average molecular weight is 464 g/mol. The molecular formula is C22H21ClF3N5O. The second kappa shape index (κ2) is 7.65. The number of amides is 1. The fourth-order valence-corrected chi connectivity index (χ4v) is 4.64. The minimum Gasteiger partial charge on any atom is -0.322 e. The molecule has 5 rings (SSSR count). The van der Waals surface area contributed by atoms with E-state index >= 15 is 0 Å². The van der Waals surface area contributed by atoms with Crippen molar-refractivity contribution in [3.05, 3.63) is 58.9 Å². The topological polar surface area (TPSA) is 56.0 Å². The van der Waals surface area contributed by atoms with Crippen LogP contribution in [0.25, 0.3) is 5.69 Å². The highest BCUT2D eigenvalue weighted by Gasteiger charge is 2.41. The Labute approximate surface area is 187 Å². The largest absolute Gasteiger partial charge is 0.434 e. The van der Waals surface area contributed by atoms with Crippen LogP contribution >= 0.6 is 11.6 Å². The van der Waals surface area contributed by atoms with E-state index in [4.69, 9.17) is 11.6 Å². The second-order valence-corrected chi connectivity index (χ2v) is 8.74. The predicted molar refractivity (Wildman–Crippen MR) is 113 cm³/mol. The quantitative estimate of drug-likeness (QED) is 0.528. The summed E-state index contributed by atoms with van der Waals surface area (Å²) in [6.07, 6.45) is 1.61. The van der Waals surface area contributed by atoms with Crippen molar-refractivity contribution in [2.45, 2.75) is 50.7 Å². The summed E-state index contributed by atoms with van der Waals surface area (Å²) in [7, 11) is 0. The van der Waals surface area contributed by atoms with Gasteiger partial charge in [-0.2, -0.15) is 18.3 Å². The Kier molecular flexibility index (Phi) is 5.03. The molecule has 1 saturated carbocycles. The highest BCUT2D eigenvalue weighted by Crippen LogP contribution is 2.44. The lowest BCUT2D eigenvalue weighted by molar-refractivity contribution is -0.141. The molecule has 6 nitrogen and oxygen atoms in total. The zero-order chi connectivity index (χ0) is 22.6. The molecule has 0 N–H and O–H groups in total. The SMILES string of the molecule is Cc1nc(C(F)(F)F)cn1C1CCN(c2cnn(-c3ccc(Cl)cc3)c2C2CCC2)C1=O. The average Bonchev–Trinajstić information content (AvgIpc) is 3.38. The van der Waals surface area contributed by atoms with Gasteiger partial charge in [-0.3, -0.25) is 4.79 Å². The van der Waals surface area contributed by atoms with Crippen LogP contribution < -0.4 is 4.90 Å². The maximum Gasteiger partial charge on any atom is 0.434 e. The van der Waals surface area contributed by atoms with E-state index < -0.39 is 17.9 Å². The van der Waals surface area contributed by atoms with Crippen molar-refractivity contribution >= 4 is 23.2 Å². The number of anilines is 1. The Balaban J connectivity index is 1.49. The van der Waals surface area contributed by atoms with E-state index in [1.54, 1.807) is 23.2 Å². The fourth-order valence-electron chi connectivity index (χ4n) is 4.51. The first-order valence-electron chi connectivity index (χ1n) is 10.5. The maximum atomic E-state index is 13.3. The van der Waals surface area contributed by atoms with Crippen LogP contribution in [0.5, 0.6) is 0 Å². The first kappa shape index (κ1) is 21.1. The second-order valence-electron chi connectivity index (χ2n) is 8.30. The summed E-state index contributed by atoms with van der Waals surface area (Å²) in [6, 6.07) is 6.62. The molecule has 3 heterocycles. The summed E-state index contributed by atoms with van der Waals surface area (Å²) >= 11 is 6.02. The molecule has 168 valence electrons. The minimum absolute atomic E-state index is 0.175. The molecule has 0 bridgehead atoms. The number of halogens is 4. The highest BCUT2D eigenvalue weighted by molar-refractivity contribution is 6.30. The molecule has 1 amide bonds. The molecular weight excluding hydrogens is 443 g/mol. The van der Waals surface area contributed by atoms with Crippen LogP contribution in [-0.4, -0.2) is 31.8 Å². The van der Waals surface area contributed by atoms with Crippen molar-refractivity contribution in [1.82, 2.24) is 19.3 Å². The van der Waals surface area contributed by atoms with E-state index in [1.807, 2.05) is 16.8 Å². The lowest BCUT2D eigenvalue weighted by Gasteiger charge is -2.29. The molecule has 1 aliphatic heterocycles. The molecule has 3 aromatic rings. The number of hydrogen-bond acceptors (Lipinski definition) is 3. The van der Waals surface area contributed by atoms with E-state index in [9.17, 15) is 18.0 Å². The van der Waals surface area contributed by atoms with Gasteiger partial charge in [0.25, 0.3) is 0 Å². The van der Waals surface area contributed by atoms with E-state index in [-0.39, 0.29) is 17.6 Å². The van der Waals surface area contributed by atoms with Gasteiger partial charge in [0.15, 0.2) is 5.69 Å². The Morgan fingerprint density at radius 3 is 2.44 bits per heavy atom. The summed E-state index contributed by atoms with van der Waals surface area (Å²) < 4.78 is 42.5. The van der Waals surface area contributed by atoms with Crippen LogP contribution in [0.15, 0.2) is 36.7 Å². The third kappa shape index (κ3) is 3.48. The summed E-state index contributed by atoms with van der Waals surface area (Å²) in [4.78, 5) is 18.6. The number of benzene rings is 1. The number of carbonyl (C=O) groups is 1. The molecule has 1 aromatic carbocycles. The molecule has 1 aliphatic carbocycles. The van der Waals surface area contributed by atoms with Crippen molar-refractivity contribution in [3.8, 4) is 5.69 Å². The van der Waals surface area contributed by atoms with Crippen molar-refractivity contribution < 1.29 is 18.0 Å². The number of carbonyl (C=O) groups excluding carboxylic acids is 1.